The van der Waals surface area contributed by atoms with Crippen molar-refractivity contribution in [2.24, 2.45) is 0 Å². The molecule has 1 N–H and O–H groups in total. The van der Waals surface area contributed by atoms with E-state index in [1.54, 1.807) is 31.2 Å². The summed E-state index contributed by atoms with van der Waals surface area (Å²) in [5.41, 5.74) is 2.69. The highest BCUT2D eigenvalue weighted by molar-refractivity contribution is 9.10. The van der Waals surface area contributed by atoms with E-state index in [1.807, 2.05) is 54.6 Å². The fraction of sp³-hybridized carbons (Fsp3) is 0.188. The minimum absolute atomic E-state index is 0.00505. The molecule has 4 aromatic rings. The molecule has 0 aliphatic carbocycles. The number of nitrogens with zero attached hydrogens (tertiary/aromatic N) is 2. The van der Waals surface area contributed by atoms with Crippen molar-refractivity contribution in [2.45, 2.75) is 30.8 Å². The van der Waals surface area contributed by atoms with Gasteiger partial charge in [0.1, 0.15) is 12.6 Å². The van der Waals surface area contributed by atoms with Gasteiger partial charge in [-0.05, 0) is 66.1 Å². The van der Waals surface area contributed by atoms with Crippen molar-refractivity contribution in [1.29, 1.82) is 0 Å². The summed E-state index contributed by atoms with van der Waals surface area (Å²) in [4.78, 5) is 29.1. The molecular weight excluding hydrogens is 638 g/mol. The molecular formula is C32H31BrClN3O4S. The zero-order chi connectivity index (χ0) is 30.3. The molecule has 218 valence electrons. The summed E-state index contributed by atoms with van der Waals surface area (Å²) in [5, 5.41) is 3.08. The van der Waals surface area contributed by atoms with E-state index in [4.69, 9.17) is 11.6 Å². The van der Waals surface area contributed by atoms with E-state index in [1.165, 1.54) is 36.2 Å². The number of rotatable bonds is 11. The lowest BCUT2D eigenvalue weighted by molar-refractivity contribution is -0.139. The van der Waals surface area contributed by atoms with Gasteiger partial charge >= 0.3 is 0 Å². The van der Waals surface area contributed by atoms with Crippen LogP contribution in [0.1, 0.15) is 16.7 Å². The van der Waals surface area contributed by atoms with Crippen LogP contribution in [0.4, 0.5) is 5.69 Å². The summed E-state index contributed by atoms with van der Waals surface area (Å²) in [6, 6.07) is 28.7. The Labute approximate surface area is 260 Å². The summed E-state index contributed by atoms with van der Waals surface area (Å²) < 4.78 is 30.0. The molecule has 0 aliphatic heterocycles. The maximum Gasteiger partial charge on any atom is 0.264 e. The van der Waals surface area contributed by atoms with Crippen LogP contribution in [0.15, 0.2) is 112 Å². The smallest absolute Gasteiger partial charge is 0.264 e. The zero-order valence-electron chi connectivity index (χ0n) is 23.2. The molecule has 0 saturated heterocycles. The Morgan fingerprint density at radius 3 is 2.10 bits per heavy atom. The van der Waals surface area contributed by atoms with Crippen LogP contribution >= 0.6 is 27.5 Å². The van der Waals surface area contributed by atoms with Gasteiger partial charge in [0.25, 0.3) is 10.0 Å². The zero-order valence-corrected chi connectivity index (χ0v) is 26.4. The molecule has 4 aromatic carbocycles. The first-order chi connectivity index (χ1) is 20.1. The van der Waals surface area contributed by atoms with Gasteiger partial charge in [0.05, 0.1) is 10.6 Å². The third-order valence-electron chi connectivity index (χ3n) is 6.85. The molecule has 4 rings (SSSR count). The van der Waals surface area contributed by atoms with E-state index in [9.17, 15) is 18.0 Å². The number of sulfonamides is 1. The van der Waals surface area contributed by atoms with E-state index in [2.05, 4.69) is 21.2 Å². The number of carbonyl (C=O) groups excluding carboxylic acids is 2. The summed E-state index contributed by atoms with van der Waals surface area (Å²) in [5.74, 6) is -0.879. The number of carbonyl (C=O) groups is 2. The molecule has 1 atom stereocenters. The lowest BCUT2D eigenvalue weighted by Crippen LogP contribution is -2.53. The maximum atomic E-state index is 14.3. The highest BCUT2D eigenvalue weighted by Crippen LogP contribution is 2.28. The average Bonchev–Trinajstić information content (AvgIpc) is 2.99. The summed E-state index contributed by atoms with van der Waals surface area (Å²) in [6.45, 7) is 1.36. The van der Waals surface area contributed by atoms with E-state index in [0.717, 1.165) is 19.9 Å². The van der Waals surface area contributed by atoms with Gasteiger partial charge in [-0.1, -0.05) is 88.2 Å². The Hall–Kier alpha value is -3.66. The molecule has 10 heteroatoms. The maximum absolute atomic E-state index is 14.3. The van der Waals surface area contributed by atoms with Crippen LogP contribution in [0.3, 0.4) is 0 Å². The third-order valence-corrected chi connectivity index (χ3v) is 9.40. The Morgan fingerprint density at radius 2 is 1.48 bits per heavy atom. The van der Waals surface area contributed by atoms with E-state index < -0.39 is 28.5 Å². The van der Waals surface area contributed by atoms with Crippen LogP contribution in [0.5, 0.6) is 0 Å². The minimum Gasteiger partial charge on any atom is -0.357 e. The Kier molecular flexibility index (Phi) is 10.4. The summed E-state index contributed by atoms with van der Waals surface area (Å²) >= 11 is 9.47. The van der Waals surface area contributed by atoms with E-state index in [-0.39, 0.29) is 23.8 Å². The molecule has 0 heterocycles. The molecule has 0 unspecified atom stereocenters. The lowest BCUT2D eigenvalue weighted by Gasteiger charge is -2.34. The number of benzene rings is 4. The van der Waals surface area contributed by atoms with Crippen LogP contribution < -0.4 is 9.62 Å². The van der Waals surface area contributed by atoms with Gasteiger partial charge in [-0.2, -0.15) is 0 Å². The molecule has 2 amide bonds. The predicted molar refractivity (Wildman–Crippen MR) is 170 cm³/mol. The van der Waals surface area contributed by atoms with Gasteiger partial charge in [0.2, 0.25) is 11.8 Å². The fourth-order valence-electron chi connectivity index (χ4n) is 4.60. The van der Waals surface area contributed by atoms with Crippen molar-refractivity contribution in [3.63, 3.8) is 0 Å². The normalized spacial score (nSPS) is 11.9. The van der Waals surface area contributed by atoms with Crippen molar-refractivity contribution < 1.29 is 18.0 Å². The number of hydrogen-bond acceptors (Lipinski definition) is 4. The number of aryl methyl sites for hydroxylation is 1. The predicted octanol–water partition coefficient (Wildman–Crippen LogP) is 5.99. The molecule has 0 fully saturated rings. The summed E-state index contributed by atoms with van der Waals surface area (Å²) in [6.07, 6.45) is 0.247. The van der Waals surface area contributed by atoms with Crippen LogP contribution in [0.25, 0.3) is 0 Å². The quantitative estimate of drug-likeness (QED) is 0.213. The second-order valence-corrected chi connectivity index (χ2v) is 12.9. The number of nitrogens with one attached hydrogen (secondary N) is 1. The molecule has 0 saturated carbocycles. The van der Waals surface area contributed by atoms with Crippen LogP contribution in [0.2, 0.25) is 5.02 Å². The topological polar surface area (TPSA) is 86.8 Å². The molecule has 0 spiro atoms. The highest BCUT2D eigenvalue weighted by atomic mass is 79.9. The van der Waals surface area contributed by atoms with Gasteiger partial charge in [0, 0.05) is 29.5 Å². The minimum atomic E-state index is -4.19. The van der Waals surface area contributed by atoms with Gasteiger partial charge in [-0.15, -0.1) is 0 Å². The first kappa shape index (κ1) is 31.3. The second kappa shape index (κ2) is 14.0. The molecule has 0 radical (unpaired) electrons. The first-order valence-corrected chi connectivity index (χ1v) is 15.8. The molecule has 0 aliphatic rings. The number of amides is 2. The van der Waals surface area contributed by atoms with Crippen molar-refractivity contribution in [3.05, 3.63) is 129 Å². The Morgan fingerprint density at radius 1 is 0.857 bits per heavy atom. The Balaban J connectivity index is 1.79. The van der Waals surface area contributed by atoms with Crippen LogP contribution in [-0.2, 0) is 32.6 Å². The number of hydrogen-bond donors (Lipinski definition) is 1. The van der Waals surface area contributed by atoms with Crippen molar-refractivity contribution in [2.75, 3.05) is 17.9 Å². The molecule has 0 bridgehead atoms. The SMILES string of the molecule is CNC(=O)[C@H](Cc1ccccc1)N(Cc1ccc(Br)cc1)C(=O)CN(c1ccccc1C)S(=O)(=O)c1ccc(Cl)cc1. The standard InChI is InChI=1S/C32H31BrClN3O4S/c1-23-8-6-7-11-29(23)37(42(40,41)28-18-16-27(34)17-19-28)22-31(38)36(21-25-12-14-26(33)15-13-25)30(32(39)35-2)20-24-9-4-3-5-10-24/h3-19,30H,20-22H2,1-2H3,(H,35,39)/t30-/m0/s1. The highest BCUT2D eigenvalue weighted by Gasteiger charge is 2.34. The largest absolute Gasteiger partial charge is 0.357 e. The van der Waals surface area contributed by atoms with Gasteiger partial charge in [0.15, 0.2) is 0 Å². The average molecular weight is 669 g/mol. The molecule has 42 heavy (non-hydrogen) atoms. The lowest BCUT2D eigenvalue weighted by atomic mass is 10.0. The van der Waals surface area contributed by atoms with Crippen LogP contribution in [-0.4, -0.2) is 44.8 Å². The summed E-state index contributed by atoms with van der Waals surface area (Å²) in [7, 11) is -2.67. The second-order valence-electron chi connectivity index (χ2n) is 9.72. The number of halogens is 2. The number of anilines is 1. The fourth-order valence-corrected chi connectivity index (χ4v) is 6.47. The first-order valence-electron chi connectivity index (χ1n) is 13.2. The van der Waals surface area contributed by atoms with E-state index in [0.29, 0.717) is 16.3 Å². The monoisotopic (exact) mass is 667 g/mol. The number of likely N-dealkylation sites (N-methyl/N-ethyl adjacent to an activating group) is 1. The van der Waals surface area contributed by atoms with Gasteiger partial charge < -0.3 is 10.2 Å². The van der Waals surface area contributed by atoms with Gasteiger partial charge in [-0.3, -0.25) is 13.9 Å². The van der Waals surface area contributed by atoms with Crippen molar-refractivity contribution in [1.82, 2.24) is 10.2 Å². The molecule has 0 aromatic heterocycles. The van der Waals surface area contributed by atoms with E-state index >= 15 is 0 Å². The van der Waals surface area contributed by atoms with Crippen molar-refractivity contribution in [3.8, 4) is 0 Å². The number of para-hydroxylation sites is 1. The van der Waals surface area contributed by atoms with Crippen molar-refractivity contribution >= 4 is 55.1 Å². The van der Waals surface area contributed by atoms with Crippen LogP contribution in [0, 0.1) is 6.92 Å². The van der Waals surface area contributed by atoms with Gasteiger partial charge in [-0.25, -0.2) is 8.42 Å². The molecule has 7 nitrogen and oxygen atoms in total. The third kappa shape index (κ3) is 7.59. The Bertz CT molecular complexity index is 1630.